The first-order chi connectivity index (χ1) is 8.60. The molecule has 0 aliphatic carbocycles. The second kappa shape index (κ2) is 4.82. The maximum atomic E-state index is 11.3. The highest BCUT2D eigenvalue weighted by atomic mass is 16.4. The number of carboxylic acids is 1. The predicted molar refractivity (Wildman–Crippen MR) is 60.4 cm³/mol. The van der Waals surface area contributed by atoms with Crippen molar-refractivity contribution in [1.82, 2.24) is 14.8 Å². The highest BCUT2D eigenvalue weighted by Crippen LogP contribution is 2.03. The molecule has 2 aromatic heterocycles. The van der Waals surface area contributed by atoms with Crippen LogP contribution in [0, 0.1) is 0 Å². The summed E-state index contributed by atoms with van der Waals surface area (Å²) >= 11 is 0. The molecule has 0 saturated carbocycles. The first-order valence-electron chi connectivity index (χ1n) is 5.34. The number of nitrogens with zero attached hydrogens (tertiary/aromatic N) is 3. The Balaban J connectivity index is 2.26. The van der Waals surface area contributed by atoms with Crippen LogP contribution in [0.15, 0.2) is 27.7 Å². The minimum atomic E-state index is -1.26. The van der Waals surface area contributed by atoms with Crippen molar-refractivity contribution in [2.45, 2.75) is 19.9 Å². The Morgan fingerprint density at radius 2 is 2.17 bits per heavy atom. The van der Waals surface area contributed by atoms with E-state index in [4.69, 9.17) is 9.52 Å². The number of aromatic carboxylic acids is 1. The molecule has 2 rings (SSSR count). The van der Waals surface area contributed by atoms with Crippen LogP contribution < -0.4 is 5.43 Å². The van der Waals surface area contributed by atoms with Gasteiger partial charge in [-0.25, -0.2) is 4.79 Å². The molecule has 0 fully saturated rings. The Labute approximate surface area is 102 Å². The molecule has 0 aliphatic rings. The number of hydrogen-bond acceptors (Lipinski definition) is 5. The smallest absolute Gasteiger partial charge is 0.341 e. The molecule has 0 atom stereocenters. The van der Waals surface area contributed by atoms with Crippen LogP contribution >= 0.6 is 0 Å². The molecule has 0 unspecified atom stereocenters. The number of hydrogen-bond donors (Lipinski definition) is 1. The van der Waals surface area contributed by atoms with Crippen LogP contribution in [0.3, 0.4) is 0 Å². The molecule has 0 bridgehead atoms. The molecule has 1 N–H and O–H groups in total. The molecule has 7 heteroatoms. The predicted octanol–water partition coefficient (Wildman–Crippen LogP) is 0.540. The number of carbonyl (C=O) groups is 1. The average Bonchev–Trinajstić information content (AvgIpc) is 2.79. The molecule has 0 aliphatic heterocycles. The van der Waals surface area contributed by atoms with Crippen LogP contribution in [0.5, 0.6) is 0 Å². The molecule has 2 aromatic rings. The van der Waals surface area contributed by atoms with E-state index in [1.807, 2.05) is 6.92 Å². The normalized spacial score (nSPS) is 10.5. The molecular formula is C11H11N3O4. The minimum Gasteiger partial charge on any atom is -0.477 e. The molecule has 0 aromatic carbocycles. The van der Waals surface area contributed by atoms with Gasteiger partial charge in [0.25, 0.3) is 0 Å². The maximum absolute atomic E-state index is 11.3. The van der Waals surface area contributed by atoms with E-state index in [-0.39, 0.29) is 12.1 Å². The third-order valence-corrected chi connectivity index (χ3v) is 2.34. The van der Waals surface area contributed by atoms with E-state index >= 15 is 0 Å². The van der Waals surface area contributed by atoms with E-state index in [0.29, 0.717) is 18.2 Å². The number of carboxylic acid groups (broad SMARTS) is 1. The highest BCUT2D eigenvalue weighted by Gasteiger charge is 2.10. The Morgan fingerprint density at radius 1 is 1.44 bits per heavy atom. The van der Waals surface area contributed by atoms with Crippen molar-refractivity contribution in [1.29, 1.82) is 0 Å². The molecular weight excluding hydrogens is 238 g/mol. The lowest BCUT2D eigenvalue weighted by molar-refractivity contribution is 0.0694. The molecule has 0 spiro atoms. The van der Waals surface area contributed by atoms with Gasteiger partial charge in [-0.05, 0) is 0 Å². The van der Waals surface area contributed by atoms with E-state index in [9.17, 15) is 9.59 Å². The summed E-state index contributed by atoms with van der Waals surface area (Å²) in [6.45, 7) is 2.12. The van der Waals surface area contributed by atoms with Crippen LogP contribution in [-0.2, 0) is 13.0 Å². The number of aryl methyl sites for hydroxylation is 1. The second-order valence-electron chi connectivity index (χ2n) is 3.64. The van der Waals surface area contributed by atoms with Gasteiger partial charge in [0.05, 0.1) is 0 Å². The van der Waals surface area contributed by atoms with Gasteiger partial charge in [-0.1, -0.05) is 6.92 Å². The molecule has 18 heavy (non-hydrogen) atoms. The van der Waals surface area contributed by atoms with Gasteiger partial charge >= 0.3 is 5.97 Å². The Bertz CT molecular complexity index is 629. The van der Waals surface area contributed by atoms with Crippen molar-refractivity contribution in [3.63, 3.8) is 0 Å². The van der Waals surface area contributed by atoms with Gasteiger partial charge in [-0.15, -0.1) is 10.2 Å². The van der Waals surface area contributed by atoms with Gasteiger partial charge in [0.15, 0.2) is 5.43 Å². The van der Waals surface area contributed by atoms with Crippen molar-refractivity contribution in [3.05, 3.63) is 46.0 Å². The zero-order valence-electron chi connectivity index (χ0n) is 9.66. The zero-order chi connectivity index (χ0) is 13.1. The van der Waals surface area contributed by atoms with Gasteiger partial charge in [-0.2, -0.15) is 0 Å². The van der Waals surface area contributed by atoms with Crippen LogP contribution in [0.4, 0.5) is 0 Å². The van der Waals surface area contributed by atoms with Crippen LogP contribution in [0.2, 0.25) is 0 Å². The molecule has 0 saturated heterocycles. The fourth-order valence-corrected chi connectivity index (χ4v) is 1.44. The maximum Gasteiger partial charge on any atom is 0.341 e. The Kier molecular flexibility index (Phi) is 3.22. The summed E-state index contributed by atoms with van der Waals surface area (Å²) in [7, 11) is 0. The van der Waals surface area contributed by atoms with E-state index in [0.717, 1.165) is 0 Å². The summed E-state index contributed by atoms with van der Waals surface area (Å²) < 4.78 is 6.81. The van der Waals surface area contributed by atoms with Gasteiger partial charge in [-0.3, -0.25) is 4.79 Å². The first kappa shape index (κ1) is 12.0. The third-order valence-electron chi connectivity index (χ3n) is 2.34. The van der Waals surface area contributed by atoms with E-state index < -0.39 is 11.4 Å². The fourth-order valence-electron chi connectivity index (χ4n) is 1.44. The standard InChI is InChI=1S/C11H11N3O4/c1-2-9-12-13-10(18-9)6-14-4-3-8(15)7(5-14)11(16)17/h3-5H,2,6H2,1H3,(H,16,17). The molecule has 0 radical (unpaired) electrons. The molecule has 0 amide bonds. The summed E-state index contributed by atoms with van der Waals surface area (Å²) in [5.74, 6) is -0.370. The topological polar surface area (TPSA) is 98.2 Å². The van der Waals surface area contributed by atoms with E-state index in [2.05, 4.69) is 10.2 Å². The monoisotopic (exact) mass is 249 g/mol. The van der Waals surface area contributed by atoms with Gasteiger partial charge < -0.3 is 14.1 Å². The van der Waals surface area contributed by atoms with Crippen molar-refractivity contribution in [2.75, 3.05) is 0 Å². The Hall–Kier alpha value is -2.44. The summed E-state index contributed by atoms with van der Waals surface area (Å²) in [6, 6.07) is 1.19. The van der Waals surface area contributed by atoms with Gasteiger partial charge in [0.1, 0.15) is 12.1 Å². The van der Waals surface area contributed by atoms with Crippen LogP contribution in [0.1, 0.15) is 29.1 Å². The molecule has 2 heterocycles. The lowest BCUT2D eigenvalue weighted by atomic mass is 10.3. The van der Waals surface area contributed by atoms with Crippen LogP contribution in [0.25, 0.3) is 0 Å². The third kappa shape index (κ3) is 2.45. The van der Waals surface area contributed by atoms with E-state index in [1.54, 1.807) is 0 Å². The highest BCUT2D eigenvalue weighted by molar-refractivity contribution is 5.86. The lowest BCUT2D eigenvalue weighted by Crippen LogP contribution is -2.16. The fraction of sp³-hybridized carbons (Fsp3) is 0.273. The van der Waals surface area contributed by atoms with Crippen molar-refractivity contribution < 1.29 is 14.3 Å². The van der Waals surface area contributed by atoms with Gasteiger partial charge in [0.2, 0.25) is 11.8 Å². The minimum absolute atomic E-state index is 0.230. The van der Waals surface area contributed by atoms with Gasteiger partial charge in [0, 0.05) is 24.9 Å². The largest absolute Gasteiger partial charge is 0.477 e. The second-order valence-corrected chi connectivity index (χ2v) is 3.64. The van der Waals surface area contributed by atoms with Crippen molar-refractivity contribution in [2.24, 2.45) is 0 Å². The average molecular weight is 249 g/mol. The van der Waals surface area contributed by atoms with Crippen molar-refractivity contribution >= 4 is 5.97 Å². The summed E-state index contributed by atoms with van der Waals surface area (Å²) in [5.41, 5.74) is -0.814. The summed E-state index contributed by atoms with van der Waals surface area (Å²) in [6.07, 6.45) is 3.36. The number of pyridine rings is 1. The van der Waals surface area contributed by atoms with Crippen LogP contribution in [-0.4, -0.2) is 25.8 Å². The number of aromatic nitrogens is 3. The molecule has 7 nitrogen and oxygen atoms in total. The quantitative estimate of drug-likeness (QED) is 0.849. The summed E-state index contributed by atoms with van der Waals surface area (Å²) in [5, 5.41) is 16.4. The summed E-state index contributed by atoms with van der Waals surface area (Å²) in [4.78, 5) is 22.1. The Morgan fingerprint density at radius 3 is 2.78 bits per heavy atom. The SMILES string of the molecule is CCc1nnc(Cn2ccc(=O)c(C(=O)O)c2)o1. The number of rotatable bonds is 4. The molecule has 94 valence electrons. The first-order valence-corrected chi connectivity index (χ1v) is 5.34. The zero-order valence-corrected chi connectivity index (χ0v) is 9.66. The van der Waals surface area contributed by atoms with Crippen molar-refractivity contribution in [3.8, 4) is 0 Å². The van der Waals surface area contributed by atoms with E-state index in [1.165, 1.54) is 23.0 Å². The lowest BCUT2D eigenvalue weighted by Gasteiger charge is -2.03.